The first-order valence-corrected chi connectivity index (χ1v) is 6.61. The van der Waals surface area contributed by atoms with E-state index in [4.69, 9.17) is 16.3 Å². The SMILES string of the molecule is COc1cc(N=Nc2ccc(Cl)cc2C)cc(CO)c1O. The molecule has 0 fully saturated rings. The third-order valence-electron chi connectivity index (χ3n) is 2.96. The summed E-state index contributed by atoms with van der Waals surface area (Å²) in [6.45, 7) is 1.57. The highest BCUT2D eigenvalue weighted by atomic mass is 35.5. The van der Waals surface area contributed by atoms with Crippen LogP contribution in [0, 0.1) is 6.92 Å². The van der Waals surface area contributed by atoms with Crippen LogP contribution in [0.3, 0.4) is 0 Å². The number of methoxy groups -OCH3 is 1. The normalized spacial score (nSPS) is 11.0. The Bertz CT molecular complexity index is 662. The molecule has 0 aromatic heterocycles. The van der Waals surface area contributed by atoms with Crippen LogP contribution >= 0.6 is 11.6 Å². The zero-order valence-electron chi connectivity index (χ0n) is 11.7. The van der Waals surface area contributed by atoms with Gasteiger partial charge >= 0.3 is 0 Å². The zero-order valence-corrected chi connectivity index (χ0v) is 12.4. The minimum Gasteiger partial charge on any atom is -0.504 e. The van der Waals surface area contributed by atoms with E-state index in [-0.39, 0.29) is 18.1 Å². The van der Waals surface area contributed by atoms with Crippen molar-refractivity contribution >= 4 is 23.0 Å². The van der Waals surface area contributed by atoms with Crippen LogP contribution in [0.25, 0.3) is 0 Å². The summed E-state index contributed by atoms with van der Waals surface area (Å²) in [7, 11) is 1.43. The van der Waals surface area contributed by atoms with Gasteiger partial charge < -0.3 is 14.9 Å². The number of rotatable bonds is 4. The van der Waals surface area contributed by atoms with E-state index in [0.717, 1.165) is 5.56 Å². The number of aliphatic hydroxyl groups is 1. The van der Waals surface area contributed by atoms with Crippen molar-refractivity contribution in [2.24, 2.45) is 10.2 Å². The molecule has 21 heavy (non-hydrogen) atoms. The van der Waals surface area contributed by atoms with Crippen LogP contribution in [-0.2, 0) is 6.61 Å². The van der Waals surface area contributed by atoms with Crippen molar-refractivity contribution in [3.63, 3.8) is 0 Å². The Kier molecular flexibility index (Phi) is 4.77. The second-order valence-corrected chi connectivity index (χ2v) is 4.88. The van der Waals surface area contributed by atoms with Gasteiger partial charge in [-0.15, -0.1) is 0 Å². The van der Waals surface area contributed by atoms with Crippen LogP contribution in [0.2, 0.25) is 5.02 Å². The standard InChI is InChI=1S/C15H15ClN2O3/c1-9-5-11(16)3-4-13(9)18-17-12-6-10(8-19)15(20)14(7-12)21-2/h3-7,19-20H,8H2,1-2H3. The van der Waals surface area contributed by atoms with Gasteiger partial charge in [-0.1, -0.05) is 11.6 Å². The molecule has 110 valence electrons. The second-order valence-electron chi connectivity index (χ2n) is 4.44. The van der Waals surface area contributed by atoms with E-state index in [1.807, 2.05) is 6.92 Å². The molecule has 0 unspecified atom stereocenters. The van der Waals surface area contributed by atoms with Gasteiger partial charge in [0.05, 0.1) is 25.1 Å². The van der Waals surface area contributed by atoms with Crippen LogP contribution in [0.15, 0.2) is 40.6 Å². The Morgan fingerprint density at radius 1 is 1.19 bits per heavy atom. The summed E-state index contributed by atoms with van der Waals surface area (Å²) in [4.78, 5) is 0. The average Bonchev–Trinajstić information content (AvgIpc) is 2.47. The number of azo groups is 1. The Labute approximate surface area is 127 Å². The summed E-state index contributed by atoms with van der Waals surface area (Å²) in [6.07, 6.45) is 0. The van der Waals surface area contributed by atoms with Gasteiger partial charge in [0, 0.05) is 16.7 Å². The third-order valence-corrected chi connectivity index (χ3v) is 3.20. The minimum absolute atomic E-state index is 0.0957. The van der Waals surface area contributed by atoms with Crippen LogP contribution in [0.1, 0.15) is 11.1 Å². The number of benzene rings is 2. The van der Waals surface area contributed by atoms with E-state index in [2.05, 4.69) is 10.2 Å². The smallest absolute Gasteiger partial charge is 0.163 e. The van der Waals surface area contributed by atoms with Gasteiger partial charge in [0.15, 0.2) is 11.5 Å². The van der Waals surface area contributed by atoms with Gasteiger partial charge in [0.2, 0.25) is 0 Å². The number of hydrogen-bond donors (Lipinski definition) is 2. The van der Waals surface area contributed by atoms with E-state index in [1.165, 1.54) is 7.11 Å². The van der Waals surface area contributed by atoms with Gasteiger partial charge in [-0.2, -0.15) is 10.2 Å². The van der Waals surface area contributed by atoms with Crippen molar-refractivity contribution in [3.8, 4) is 11.5 Å². The average molecular weight is 307 g/mol. The molecule has 5 nitrogen and oxygen atoms in total. The molecule has 0 atom stereocenters. The highest BCUT2D eigenvalue weighted by Gasteiger charge is 2.09. The fourth-order valence-corrected chi connectivity index (χ4v) is 2.05. The number of aromatic hydroxyl groups is 1. The van der Waals surface area contributed by atoms with Crippen LogP contribution in [0.5, 0.6) is 11.5 Å². The van der Waals surface area contributed by atoms with Gasteiger partial charge in [-0.25, -0.2) is 0 Å². The Morgan fingerprint density at radius 2 is 1.95 bits per heavy atom. The summed E-state index contributed by atoms with van der Waals surface area (Å²) in [5.74, 6) is 0.143. The van der Waals surface area contributed by atoms with E-state index in [9.17, 15) is 10.2 Å². The lowest BCUT2D eigenvalue weighted by atomic mass is 10.1. The maximum Gasteiger partial charge on any atom is 0.163 e. The van der Waals surface area contributed by atoms with Crippen LogP contribution < -0.4 is 4.74 Å². The number of halogens is 1. The van der Waals surface area contributed by atoms with Crippen molar-refractivity contribution in [1.82, 2.24) is 0 Å². The quantitative estimate of drug-likeness (QED) is 0.828. The fourth-order valence-electron chi connectivity index (χ4n) is 1.83. The van der Waals surface area contributed by atoms with Crippen molar-refractivity contribution in [2.45, 2.75) is 13.5 Å². The van der Waals surface area contributed by atoms with Crippen LogP contribution in [-0.4, -0.2) is 17.3 Å². The molecule has 0 aliphatic carbocycles. The maximum atomic E-state index is 9.80. The molecule has 0 bridgehead atoms. The molecule has 2 aromatic rings. The topological polar surface area (TPSA) is 74.4 Å². The Hall–Kier alpha value is -2.11. The van der Waals surface area contributed by atoms with Gasteiger partial charge in [-0.3, -0.25) is 0 Å². The molecule has 0 aliphatic rings. The van der Waals surface area contributed by atoms with Gasteiger partial charge in [0.25, 0.3) is 0 Å². The van der Waals surface area contributed by atoms with Gasteiger partial charge in [-0.05, 0) is 36.8 Å². The molecule has 2 aromatic carbocycles. The first kappa shape index (κ1) is 15.3. The molecule has 0 saturated heterocycles. The minimum atomic E-state index is -0.314. The molecule has 0 heterocycles. The third kappa shape index (κ3) is 3.51. The van der Waals surface area contributed by atoms with E-state index >= 15 is 0 Å². The fraction of sp³-hybridized carbons (Fsp3) is 0.200. The van der Waals surface area contributed by atoms with Crippen molar-refractivity contribution < 1.29 is 14.9 Å². The Balaban J connectivity index is 2.36. The lowest BCUT2D eigenvalue weighted by molar-refractivity contribution is 0.272. The molecule has 0 amide bonds. The second kappa shape index (κ2) is 6.56. The maximum absolute atomic E-state index is 9.80. The number of aryl methyl sites for hydroxylation is 1. The number of nitrogens with zero attached hydrogens (tertiary/aromatic N) is 2. The molecular weight excluding hydrogens is 292 g/mol. The summed E-state index contributed by atoms with van der Waals surface area (Å²) in [5.41, 5.74) is 2.40. The van der Waals surface area contributed by atoms with E-state index < -0.39 is 0 Å². The number of hydrogen-bond acceptors (Lipinski definition) is 5. The number of aliphatic hydroxyl groups excluding tert-OH is 1. The molecule has 2 N–H and O–H groups in total. The summed E-state index contributed by atoms with van der Waals surface area (Å²) < 4.78 is 5.04. The summed E-state index contributed by atoms with van der Waals surface area (Å²) in [5, 5.41) is 27.9. The first-order chi connectivity index (χ1) is 10.0. The highest BCUT2D eigenvalue weighted by molar-refractivity contribution is 6.30. The lowest BCUT2D eigenvalue weighted by Gasteiger charge is -2.08. The molecule has 0 spiro atoms. The van der Waals surface area contributed by atoms with Crippen molar-refractivity contribution in [2.75, 3.05) is 7.11 Å². The van der Waals surface area contributed by atoms with Gasteiger partial charge in [0.1, 0.15) is 0 Å². The van der Waals surface area contributed by atoms with E-state index in [1.54, 1.807) is 30.3 Å². The predicted octanol–water partition coefficient (Wildman–Crippen LogP) is 4.27. The van der Waals surface area contributed by atoms with Crippen molar-refractivity contribution in [1.29, 1.82) is 0 Å². The first-order valence-electron chi connectivity index (χ1n) is 6.23. The molecule has 0 saturated carbocycles. The summed E-state index contributed by atoms with van der Waals surface area (Å²) >= 11 is 5.89. The molecule has 0 aliphatic heterocycles. The molecular formula is C15H15ClN2O3. The molecule has 0 radical (unpaired) electrons. The zero-order chi connectivity index (χ0) is 15.4. The molecule has 6 heteroatoms. The summed E-state index contributed by atoms with van der Waals surface area (Å²) in [6, 6.07) is 8.40. The van der Waals surface area contributed by atoms with E-state index in [0.29, 0.717) is 22.0 Å². The van der Waals surface area contributed by atoms with Crippen LogP contribution in [0.4, 0.5) is 11.4 Å². The van der Waals surface area contributed by atoms with Crippen molar-refractivity contribution in [3.05, 3.63) is 46.5 Å². The Morgan fingerprint density at radius 3 is 2.57 bits per heavy atom. The largest absolute Gasteiger partial charge is 0.504 e. The predicted molar refractivity (Wildman–Crippen MR) is 80.9 cm³/mol. The highest BCUT2D eigenvalue weighted by Crippen LogP contribution is 2.35. The number of ether oxygens (including phenoxy) is 1. The number of phenols is 1. The monoisotopic (exact) mass is 306 g/mol. The lowest BCUT2D eigenvalue weighted by Crippen LogP contribution is -1.89. The molecule has 2 rings (SSSR count).